The molecular formula is C11H14ClN5O. The molecule has 7 heteroatoms. The lowest BCUT2D eigenvalue weighted by Crippen LogP contribution is -2.26. The standard InChI is InChI=1S/C11H14ClN5O/c12-11-15-9(7-4-13-17-10(7)16-11)14-8-3-1-2-6(8)5-18/h4,6,8,18H,1-3,5H2,(H2,13,14,15,16,17). The quantitative estimate of drug-likeness (QED) is 0.735. The summed E-state index contributed by atoms with van der Waals surface area (Å²) in [7, 11) is 0. The molecule has 18 heavy (non-hydrogen) atoms. The van der Waals surface area contributed by atoms with Crippen LogP contribution >= 0.6 is 11.6 Å². The summed E-state index contributed by atoms with van der Waals surface area (Å²) in [4.78, 5) is 8.26. The Morgan fingerprint density at radius 1 is 1.44 bits per heavy atom. The van der Waals surface area contributed by atoms with Crippen LogP contribution in [0.1, 0.15) is 19.3 Å². The minimum Gasteiger partial charge on any atom is -0.396 e. The lowest BCUT2D eigenvalue weighted by Gasteiger charge is -2.19. The lowest BCUT2D eigenvalue weighted by molar-refractivity contribution is 0.222. The van der Waals surface area contributed by atoms with Crippen LogP contribution in [0.5, 0.6) is 0 Å². The van der Waals surface area contributed by atoms with Crippen LogP contribution in [0.2, 0.25) is 5.28 Å². The van der Waals surface area contributed by atoms with E-state index in [4.69, 9.17) is 11.6 Å². The highest BCUT2D eigenvalue weighted by Gasteiger charge is 2.27. The van der Waals surface area contributed by atoms with Crippen molar-refractivity contribution in [2.24, 2.45) is 5.92 Å². The van der Waals surface area contributed by atoms with E-state index in [0.29, 0.717) is 11.5 Å². The number of anilines is 1. The third kappa shape index (κ3) is 2.02. The number of halogens is 1. The Balaban J connectivity index is 1.92. The number of rotatable bonds is 3. The molecule has 6 nitrogen and oxygen atoms in total. The number of fused-ring (bicyclic) bond motifs is 1. The molecule has 0 spiro atoms. The van der Waals surface area contributed by atoms with Crippen molar-refractivity contribution in [1.29, 1.82) is 0 Å². The number of aliphatic hydroxyl groups is 1. The van der Waals surface area contributed by atoms with Gasteiger partial charge in [-0.2, -0.15) is 15.1 Å². The van der Waals surface area contributed by atoms with Crippen molar-refractivity contribution in [2.75, 3.05) is 11.9 Å². The van der Waals surface area contributed by atoms with Gasteiger partial charge in [0.05, 0.1) is 11.6 Å². The van der Waals surface area contributed by atoms with Crippen molar-refractivity contribution in [3.05, 3.63) is 11.5 Å². The number of hydrogen-bond donors (Lipinski definition) is 3. The molecule has 2 aromatic heterocycles. The van der Waals surface area contributed by atoms with Crippen molar-refractivity contribution in [3.8, 4) is 0 Å². The molecule has 2 aromatic rings. The van der Waals surface area contributed by atoms with E-state index in [0.717, 1.165) is 24.6 Å². The van der Waals surface area contributed by atoms with E-state index in [-0.39, 0.29) is 23.9 Å². The molecule has 96 valence electrons. The molecule has 1 aliphatic carbocycles. The molecule has 0 bridgehead atoms. The SMILES string of the molecule is OCC1CCCC1Nc1nc(Cl)nc2[nH]ncc12. The van der Waals surface area contributed by atoms with Crippen LogP contribution < -0.4 is 5.32 Å². The first kappa shape index (κ1) is 11.7. The smallest absolute Gasteiger partial charge is 0.226 e. The number of hydrogen-bond acceptors (Lipinski definition) is 5. The number of aliphatic hydroxyl groups excluding tert-OH is 1. The summed E-state index contributed by atoms with van der Waals surface area (Å²) in [6, 6.07) is 0.235. The highest BCUT2D eigenvalue weighted by atomic mass is 35.5. The number of H-pyrrole nitrogens is 1. The minimum atomic E-state index is 0.188. The van der Waals surface area contributed by atoms with Gasteiger partial charge < -0.3 is 10.4 Å². The van der Waals surface area contributed by atoms with Crippen LogP contribution in [0.15, 0.2) is 6.20 Å². The van der Waals surface area contributed by atoms with Crippen LogP contribution in [0.3, 0.4) is 0 Å². The molecule has 3 rings (SSSR count). The molecule has 3 N–H and O–H groups in total. The van der Waals surface area contributed by atoms with E-state index in [1.54, 1.807) is 6.20 Å². The van der Waals surface area contributed by atoms with Gasteiger partial charge in [-0.25, -0.2) is 0 Å². The van der Waals surface area contributed by atoms with Crippen LogP contribution in [-0.4, -0.2) is 37.9 Å². The Labute approximate surface area is 109 Å². The zero-order valence-electron chi connectivity index (χ0n) is 9.73. The highest BCUT2D eigenvalue weighted by Crippen LogP contribution is 2.29. The third-order valence-electron chi connectivity index (χ3n) is 3.50. The van der Waals surface area contributed by atoms with Gasteiger partial charge in [0, 0.05) is 18.6 Å². The second kappa shape index (κ2) is 4.70. The zero-order valence-corrected chi connectivity index (χ0v) is 10.5. The Hall–Kier alpha value is -1.40. The van der Waals surface area contributed by atoms with Crippen LogP contribution in [0, 0.1) is 5.92 Å². The molecule has 0 saturated heterocycles. The predicted octanol–water partition coefficient (Wildman–Crippen LogP) is 1.58. The summed E-state index contributed by atoms with van der Waals surface area (Å²) in [5, 5.41) is 20.4. The van der Waals surface area contributed by atoms with Crippen LogP contribution in [-0.2, 0) is 0 Å². The molecule has 2 unspecified atom stereocenters. The van der Waals surface area contributed by atoms with Crippen LogP contribution in [0.4, 0.5) is 5.82 Å². The molecule has 0 aromatic carbocycles. The van der Waals surface area contributed by atoms with Crippen molar-refractivity contribution < 1.29 is 5.11 Å². The van der Waals surface area contributed by atoms with Gasteiger partial charge in [0.2, 0.25) is 5.28 Å². The summed E-state index contributed by atoms with van der Waals surface area (Å²) in [5.41, 5.74) is 0.621. The van der Waals surface area contributed by atoms with Gasteiger partial charge in [0.1, 0.15) is 5.82 Å². The Kier molecular flexibility index (Phi) is 3.05. The Bertz CT molecular complexity index is 557. The first-order valence-electron chi connectivity index (χ1n) is 6.02. The van der Waals surface area contributed by atoms with Crippen molar-refractivity contribution in [3.63, 3.8) is 0 Å². The molecule has 0 radical (unpaired) electrons. The van der Waals surface area contributed by atoms with Gasteiger partial charge in [0.25, 0.3) is 0 Å². The lowest BCUT2D eigenvalue weighted by atomic mass is 10.1. The Morgan fingerprint density at radius 2 is 2.33 bits per heavy atom. The molecular weight excluding hydrogens is 254 g/mol. The maximum Gasteiger partial charge on any atom is 0.226 e. The predicted molar refractivity (Wildman–Crippen MR) is 68.5 cm³/mol. The maximum absolute atomic E-state index is 9.32. The fourth-order valence-electron chi connectivity index (χ4n) is 2.54. The average Bonchev–Trinajstić information content (AvgIpc) is 2.96. The highest BCUT2D eigenvalue weighted by molar-refractivity contribution is 6.28. The van der Waals surface area contributed by atoms with Crippen LogP contribution in [0.25, 0.3) is 11.0 Å². The average molecular weight is 268 g/mol. The number of aromatic amines is 1. The summed E-state index contributed by atoms with van der Waals surface area (Å²) in [6.45, 7) is 0.199. The maximum atomic E-state index is 9.32. The molecule has 1 fully saturated rings. The summed E-state index contributed by atoms with van der Waals surface area (Å²) < 4.78 is 0. The van der Waals surface area contributed by atoms with Gasteiger partial charge in [-0.15, -0.1) is 0 Å². The summed E-state index contributed by atoms with van der Waals surface area (Å²) >= 11 is 5.88. The number of nitrogens with zero attached hydrogens (tertiary/aromatic N) is 3. The second-order valence-electron chi connectivity index (χ2n) is 4.60. The molecule has 0 amide bonds. The second-order valence-corrected chi connectivity index (χ2v) is 4.94. The van der Waals surface area contributed by atoms with Crippen molar-refractivity contribution in [2.45, 2.75) is 25.3 Å². The van der Waals surface area contributed by atoms with Gasteiger partial charge >= 0.3 is 0 Å². The van der Waals surface area contributed by atoms with E-state index in [2.05, 4.69) is 25.5 Å². The van der Waals surface area contributed by atoms with Gasteiger partial charge in [0.15, 0.2) is 5.65 Å². The van der Waals surface area contributed by atoms with E-state index >= 15 is 0 Å². The molecule has 2 atom stereocenters. The van der Waals surface area contributed by atoms with Gasteiger partial charge in [-0.3, -0.25) is 5.10 Å². The summed E-state index contributed by atoms with van der Waals surface area (Å²) in [6.07, 6.45) is 4.88. The van der Waals surface area contributed by atoms with Crippen molar-refractivity contribution >= 4 is 28.5 Å². The number of aromatic nitrogens is 4. The topological polar surface area (TPSA) is 86.7 Å². The normalized spacial score (nSPS) is 23.7. The van der Waals surface area contributed by atoms with Crippen molar-refractivity contribution in [1.82, 2.24) is 20.2 Å². The first-order valence-corrected chi connectivity index (χ1v) is 6.39. The molecule has 2 heterocycles. The monoisotopic (exact) mass is 267 g/mol. The molecule has 1 saturated carbocycles. The van der Waals surface area contributed by atoms with E-state index in [1.807, 2.05) is 0 Å². The number of nitrogens with one attached hydrogen (secondary N) is 2. The third-order valence-corrected chi connectivity index (χ3v) is 3.67. The Morgan fingerprint density at radius 3 is 3.17 bits per heavy atom. The van der Waals surface area contributed by atoms with E-state index in [1.165, 1.54) is 0 Å². The molecule has 1 aliphatic rings. The largest absolute Gasteiger partial charge is 0.396 e. The fraction of sp³-hybridized carbons (Fsp3) is 0.545. The fourth-order valence-corrected chi connectivity index (χ4v) is 2.71. The minimum absolute atomic E-state index is 0.188. The molecule has 0 aliphatic heterocycles. The van der Waals surface area contributed by atoms with Gasteiger partial charge in [-0.1, -0.05) is 6.42 Å². The summed E-state index contributed by atoms with van der Waals surface area (Å²) in [5.74, 6) is 0.963. The zero-order chi connectivity index (χ0) is 12.5. The first-order chi connectivity index (χ1) is 8.78. The van der Waals surface area contributed by atoms with Gasteiger partial charge in [-0.05, 0) is 24.4 Å². The van der Waals surface area contributed by atoms with E-state index < -0.39 is 0 Å². The van der Waals surface area contributed by atoms with E-state index in [9.17, 15) is 5.11 Å².